The SMILES string of the molecule is CC(C)(Br)c1nccc2ccccc12. The van der Waals surface area contributed by atoms with Crippen LogP contribution in [0.1, 0.15) is 19.5 Å². The topological polar surface area (TPSA) is 12.9 Å². The van der Waals surface area contributed by atoms with Crippen LogP contribution in [0, 0.1) is 0 Å². The van der Waals surface area contributed by atoms with Crippen molar-refractivity contribution < 1.29 is 0 Å². The van der Waals surface area contributed by atoms with Crippen molar-refractivity contribution in [2.75, 3.05) is 0 Å². The average molecular weight is 250 g/mol. The molecule has 0 fully saturated rings. The summed E-state index contributed by atoms with van der Waals surface area (Å²) in [6.07, 6.45) is 1.86. The lowest BCUT2D eigenvalue weighted by Crippen LogP contribution is -2.09. The number of benzene rings is 1. The Hall–Kier alpha value is -0.890. The Kier molecular flexibility index (Phi) is 2.31. The molecule has 2 heteroatoms. The van der Waals surface area contributed by atoms with Gasteiger partial charge in [0.25, 0.3) is 0 Å². The molecule has 72 valence electrons. The van der Waals surface area contributed by atoms with E-state index in [0.717, 1.165) is 5.69 Å². The van der Waals surface area contributed by atoms with Gasteiger partial charge in [-0.05, 0) is 25.3 Å². The van der Waals surface area contributed by atoms with Crippen LogP contribution in [0.15, 0.2) is 36.5 Å². The lowest BCUT2D eigenvalue weighted by atomic mass is 10.0. The van der Waals surface area contributed by atoms with Crippen molar-refractivity contribution in [2.24, 2.45) is 0 Å². The van der Waals surface area contributed by atoms with Crippen molar-refractivity contribution in [1.29, 1.82) is 0 Å². The zero-order valence-corrected chi connectivity index (χ0v) is 9.88. The maximum Gasteiger partial charge on any atom is 0.0643 e. The molecule has 0 radical (unpaired) electrons. The van der Waals surface area contributed by atoms with Gasteiger partial charge in [0.05, 0.1) is 10.0 Å². The van der Waals surface area contributed by atoms with Gasteiger partial charge in [-0.25, -0.2) is 0 Å². The molecule has 0 saturated carbocycles. The fourth-order valence-corrected chi connectivity index (χ4v) is 1.91. The molecule has 2 rings (SSSR count). The summed E-state index contributed by atoms with van der Waals surface area (Å²) in [6, 6.07) is 10.4. The third-order valence-electron chi connectivity index (χ3n) is 2.24. The highest BCUT2D eigenvalue weighted by molar-refractivity contribution is 9.09. The van der Waals surface area contributed by atoms with Crippen LogP contribution in [-0.2, 0) is 4.32 Å². The molecule has 1 aromatic carbocycles. The zero-order valence-electron chi connectivity index (χ0n) is 8.29. The highest BCUT2D eigenvalue weighted by Crippen LogP contribution is 2.32. The Bertz CT molecular complexity index is 452. The number of hydrogen-bond donors (Lipinski definition) is 0. The molecule has 0 bridgehead atoms. The van der Waals surface area contributed by atoms with Crippen LogP contribution >= 0.6 is 15.9 Å². The summed E-state index contributed by atoms with van der Waals surface area (Å²) in [5.41, 5.74) is 1.09. The molecule has 0 aliphatic rings. The summed E-state index contributed by atoms with van der Waals surface area (Å²) in [4.78, 5) is 4.43. The van der Waals surface area contributed by atoms with E-state index in [1.54, 1.807) is 0 Å². The fraction of sp³-hybridized carbons (Fsp3) is 0.250. The molecule has 0 spiro atoms. The Labute approximate surface area is 92.3 Å². The highest BCUT2D eigenvalue weighted by atomic mass is 79.9. The highest BCUT2D eigenvalue weighted by Gasteiger charge is 2.19. The van der Waals surface area contributed by atoms with Gasteiger partial charge in [-0.15, -0.1) is 0 Å². The van der Waals surface area contributed by atoms with E-state index >= 15 is 0 Å². The molecule has 0 aliphatic carbocycles. The van der Waals surface area contributed by atoms with E-state index in [0.29, 0.717) is 0 Å². The summed E-state index contributed by atoms with van der Waals surface area (Å²) in [5, 5.41) is 2.46. The van der Waals surface area contributed by atoms with Crippen LogP contribution in [-0.4, -0.2) is 4.98 Å². The van der Waals surface area contributed by atoms with Crippen molar-refractivity contribution in [3.63, 3.8) is 0 Å². The second kappa shape index (κ2) is 3.35. The van der Waals surface area contributed by atoms with Crippen LogP contribution in [0.2, 0.25) is 0 Å². The van der Waals surface area contributed by atoms with Crippen molar-refractivity contribution >= 4 is 26.7 Å². The lowest BCUT2D eigenvalue weighted by Gasteiger charge is -2.17. The second-order valence-corrected chi connectivity index (χ2v) is 5.84. The number of rotatable bonds is 1. The third-order valence-corrected chi connectivity index (χ3v) is 2.61. The smallest absolute Gasteiger partial charge is 0.0643 e. The number of aromatic nitrogens is 1. The van der Waals surface area contributed by atoms with Crippen LogP contribution in [0.3, 0.4) is 0 Å². The van der Waals surface area contributed by atoms with Crippen LogP contribution < -0.4 is 0 Å². The van der Waals surface area contributed by atoms with E-state index in [1.807, 2.05) is 24.4 Å². The van der Waals surface area contributed by atoms with Gasteiger partial charge < -0.3 is 0 Å². The number of alkyl halides is 1. The van der Waals surface area contributed by atoms with Crippen molar-refractivity contribution in [3.8, 4) is 0 Å². The average Bonchev–Trinajstić information content (AvgIpc) is 2.15. The van der Waals surface area contributed by atoms with Gasteiger partial charge in [-0.3, -0.25) is 4.98 Å². The molecular formula is C12H12BrN. The summed E-state index contributed by atoms with van der Waals surface area (Å²) in [5.74, 6) is 0. The Morgan fingerprint density at radius 1 is 1.14 bits per heavy atom. The molecule has 0 aliphatic heterocycles. The zero-order chi connectivity index (χ0) is 10.2. The Morgan fingerprint density at radius 2 is 1.86 bits per heavy atom. The molecule has 0 saturated heterocycles. The molecule has 0 unspecified atom stereocenters. The maximum absolute atomic E-state index is 4.43. The first-order chi connectivity index (χ1) is 6.59. The molecule has 1 nitrogen and oxygen atoms in total. The quantitative estimate of drug-likeness (QED) is 0.700. The van der Waals surface area contributed by atoms with Gasteiger partial charge in [0.2, 0.25) is 0 Å². The lowest BCUT2D eigenvalue weighted by molar-refractivity contribution is 0.776. The molecule has 0 N–H and O–H groups in total. The van der Waals surface area contributed by atoms with E-state index < -0.39 is 0 Å². The van der Waals surface area contributed by atoms with E-state index in [2.05, 4.69) is 46.9 Å². The summed E-state index contributed by atoms with van der Waals surface area (Å²) in [7, 11) is 0. The summed E-state index contributed by atoms with van der Waals surface area (Å²) >= 11 is 3.65. The monoisotopic (exact) mass is 249 g/mol. The molecule has 1 heterocycles. The molecule has 2 aromatic rings. The van der Waals surface area contributed by atoms with Gasteiger partial charge in [0.1, 0.15) is 0 Å². The fourth-order valence-electron chi connectivity index (χ4n) is 1.59. The minimum atomic E-state index is -0.0755. The molecular weight excluding hydrogens is 238 g/mol. The number of hydrogen-bond acceptors (Lipinski definition) is 1. The summed E-state index contributed by atoms with van der Waals surface area (Å²) < 4.78 is -0.0755. The van der Waals surface area contributed by atoms with Crippen LogP contribution in [0.4, 0.5) is 0 Å². The van der Waals surface area contributed by atoms with Crippen LogP contribution in [0.5, 0.6) is 0 Å². The Balaban J connectivity index is 2.78. The van der Waals surface area contributed by atoms with Crippen LogP contribution in [0.25, 0.3) is 10.8 Å². The molecule has 1 aromatic heterocycles. The van der Waals surface area contributed by atoms with Gasteiger partial charge in [-0.1, -0.05) is 40.2 Å². The van der Waals surface area contributed by atoms with E-state index in [1.165, 1.54) is 10.8 Å². The van der Waals surface area contributed by atoms with Crippen molar-refractivity contribution in [1.82, 2.24) is 4.98 Å². The second-order valence-electron chi connectivity index (χ2n) is 3.85. The van der Waals surface area contributed by atoms with Crippen molar-refractivity contribution in [3.05, 3.63) is 42.2 Å². The number of nitrogens with zero attached hydrogens (tertiary/aromatic N) is 1. The molecule has 14 heavy (non-hydrogen) atoms. The third kappa shape index (κ3) is 1.67. The molecule has 0 amide bonds. The molecule has 0 atom stereocenters. The normalized spacial score (nSPS) is 11.9. The van der Waals surface area contributed by atoms with Gasteiger partial charge in [0, 0.05) is 11.6 Å². The number of pyridine rings is 1. The standard InChI is InChI=1S/C12H12BrN/c1-12(2,13)11-10-6-4-3-5-9(10)7-8-14-11/h3-8H,1-2H3. The van der Waals surface area contributed by atoms with Crippen molar-refractivity contribution in [2.45, 2.75) is 18.2 Å². The van der Waals surface area contributed by atoms with Gasteiger partial charge in [0.15, 0.2) is 0 Å². The minimum Gasteiger partial charge on any atom is -0.259 e. The van der Waals surface area contributed by atoms with E-state index in [9.17, 15) is 0 Å². The first kappa shape index (κ1) is 9.66. The maximum atomic E-state index is 4.43. The Morgan fingerprint density at radius 3 is 2.57 bits per heavy atom. The first-order valence-electron chi connectivity index (χ1n) is 4.62. The number of fused-ring (bicyclic) bond motifs is 1. The van der Waals surface area contributed by atoms with Gasteiger partial charge >= 0.3 is 0 Å². The minimum absolute atomic E-state index is 0.0755. The van der Waals surface area contributed by atoms with E-state index in [4.69, 9.17) is 0 Å². The largest absolute Gasteiger partial charge is 0.259 e. The van der Waals surface area contributed by atoms with E-state index in [-0.39, 0.29) is 4.32 Å². The predicted molar refractivity (Wildman–Crippen MR) is 63.7 cm³/mol. The summed E-state index contributed by atoms with van der Waals surface area (Å²) in [6.45, 7) is 4.23. The van der Waals surface area contributed by atoms with Gasteiger partial charge in [-0.2, -0.15) is 0 Å². The predicted octanol–water partition coefficient (Wildman–Crippen LogP) is 3.86. The first-order valence-corrected chi connectivity index (χ1v) is 5.41. The number of halogens is 1.